The van der Waals surface area contributed by atoms with E-state index in [4.69, 9.17) is 9.47 Å². The number of hydrogen-bond donors (Lipinski definition) is 0. The Morgan fingerprint density at radius 3 is 1.52 bits per heavy atom. The number of rotatable bonds is 20. The Balaban J connectivity index is 1.80. The zero-order chi connectivity index (χ0) is 24.6. The molecule has 1 heterocycles. The van der Waals surface area contributed by atoms with E-state index >= 15 is 0 Å². The Morgan fingerprint density at radius 1 is 0.636 bits per heavy atom. The van der Waals surface area contributed by atoms with Crippen molar-refractivity contribution in [2.45, 2.75) is 133 Å². The van der Waals surface area contributed by atoms with Crippen LogP contribution >= 0.6 is 0 Å². The van der Waals surface area contributed by atoms with Gasteiger partial charge in [-0.3, -0.25) is 0 Å². The highest BCUT2D eigenvalue weighted by atomic mass is 19.4. The van der Waals surface area contributed by atoms with Crippen LogP contribution in [0.5, 0.6) is 0 Å². The summed E-state index contributed by atoms with van der Waals surface area (Å²) in [5.41, 5.74) is 0. The molecule has 0 aromatic rings. The van der Waals surface area contributed by atoms with Gasteiger partial charge in [0.05, 0.1) is 12.7 Å². The van der Waals surface area contributed by atoms with Crippen molar-refractivity contribution in [1.82, 2.24) is 0 Å². The maximum atomic E-state index is 13.2. The molecule has 1 aliphatic rings. The Kier molecular flexibility index (Phi) is 14.9. The number of alkyl halides is 7. The average Bonchev–Trinajstić information content (AvgIpc) is 3.25. The quantitative estimate of drug-likeness (QED) is 0.124. The van der Waals surface area contributed by atoms with Crippen molar-refractivity contribution < 1.29 is 40.2 Å². The highest BCUT2D eigenvalue weighted by Crippen LogP contribution is 2.48. The summed E-state index contributed by atoms with van der Waals surface area (Å²) >= 11 is 0. The zero-order valence-electron chi connectivity index (χ0n) is 19.7. The monoisotopic (exact) mass is 494 g/mol. The van der Waals surface area contributed by atoms with Crippen LogP contribution in [0.3, 0.4) is 0 Å². The largest absolute Gasteiger partial charge is 0.459 e. The smallest absolute Gasteiger partial charge is 0.379 e. The maximum absolute atomic E-state index is 13.2. The van der Waals surface area contributed by atoms with Gasteiger partial charge in [-0.15, -0.1) is 0 Å². The van der Waals surface area contributed by atoms with Gasteiger partial charge in [0.25, 0.3) is 0 Å². The predicted molar refractivity (Wildman–Crippen MR) is 115 cm³/mol. The van der Waals surface area contributed by atoms with E-state index in [1.165, 1.54) is 32.1 Å². The first kappa shape index (κ1) is 30.5. The minimum atomic E-state index is -6.23. The first-order valence-corrected chi connectivity index (χ1v) is 12.6. The highest BCUT2D eigenvalue weighted by molar-refractivity contribution is 4.90. The molecule has 0 saturated carbocycles. The van der Waals surface area contributed by atoms with Crippen LogP contribution in [-0.4, -0.2) is 43.9 Å². The van der Waals surface area contributed by atoms with Crippen LogP contribution in [0.15, 0.2) is 0 Å². The second-order valence-corrected chi connectivity index (χ2v) is 9.19. The van der Waals surface area contributed by atoms with Crippen LogP contribution in [0.1, 0.15) is 109 Å². The molecule has 1 atom stereocenters. The van der Waals surface area contributed by atoms with Crippen molar-refractivity contribution >= 4 is 0 Å². The van der Waals surface area contributed by atoms with Crippen molar-refractivity contribution in [3.05, 3.63) is 0 Å². The lowest BCUT2D eigenvalue weighted by atomic mass is 10.0. The Hall–Kier alpha value is -0.570. The van der Waals surface area contributed by atoms with Gasteiger partial charge in [0.1, 0.15) is 0 Å². The van der Waals surface area contributed by atoms with Crippen LogP contribution in [0.4, 0.5) is 30.7 Å². The summed E-state index contributed by atoms with van der Waals surface area (Å²) in [5, 5.41) is 0. The second-order valence-electron chi connectivity index (χ2n) is 9.19. The van der Waals surface area contributed by atoms with Gasteiger partial charge in [0.2, 0.25) is 0 Å². The van der Waals surface area contributed by atoms with Crippen LogP contribution < -0.4 is 0 Å². The number of unbranched alkanes of at least 4 members (excludes halogenated alkanes) is 13. The lowest BCUT2D eigenvalue weighted by molar-refractivity contribution is -0.355. The SMILES string of the molecule is FC(F)(F)C(F)(F)C(F)(F)CCCCCCCCCCCCCCCCOCC1CCCO1. The number of hydrogen-bond acceptors (Lipinski definition) is 2. The first-order valence-electron chi connectivity index (χ1n) is 12.6. The molecule has 2 nitrogen and oxygen atoms in total. The average molecular weight is 495 g/mol. The molecule has 0 aliphatic carbocycles. The third-order valence-corrected chi connectivity index (χ3v) is 6.17. The van der Waals surface area contributed by atoms with Crippen molar-refractivity contribution in [2.75, 3.05) is 19.8 Å². The van der Waals surface area contributed by atoms with Crippen molar-refractivity contribution in [3.63, 3.8) is 0 Å². The van der Waals surface area contributed by atoms with E-state index < -0.39 is 24.4 Å². The Labute approximate surface area is 194 Å². The zero-order valence-corrected chi connectivity index (χ0v) is 19.7. The molecule has 1 fully saturated rings. The molecule has 0 radical (unpaired) electrons. The van der Waals surface area contributed by atoms with Gasteiger partial charge >= 0.3 is 18.0 Å². The van der Waals surface area contributed by atoms with Crippen LogP contribution in [0.25, 0.3) is 0 Å². The number of halogens is 7. The third kappa shape index (κ3) is 12.6. The van der Waals surface area contributed by atoms with Gasteiger partial charge in [-0.05, 0) is 25.7 Å². The third-order valence-electron chi connectivity index (χ3n) is 6.17. The minimum Gasteiger partial charge on any atom is -0.379 e. The van der Waals surface area contributed by atoms with Crippen molar-refractivity contribution in [3.8, 4) is 0 Å². The Morgan fingerprint density at radius 2 is 1.09 bits per heavy atom. The molecule has 1 aliphatic heterocycles. The van der Waals surface area contributed by atoms with Crippen molar-refractivity contribution in [1.29, 1.82) is 0 Å². The molecule has 0 bridgehead atoms. The Bertz CT molecular complexity index is 478. The maximum Gasteiger partial charge on any atom is 0.459 e. The summed E-state index contributed by atoms with van der Waals surface area (Å²) < 4.78 is 99.2. The van der Waals surface area contributed by atoms with E-state index in [0.717, 1.165) is 71.2 Å². The second kappa shape index (κ2) is 16.2. The van der Waals surface area contributed by atoms with E-state index in [2.05, 4.69) is 0 Å². The molecular weight excluding hydrogens is 453 g/mol. The predicted octanol–water partition coefficient (Wildman–Crippen LogP) is 8.87. The van der Waals surface area contributed by atoms with Gasteiger partial charge in [0, 0.05) is 19.6 Å². The summed E-state index contributed by atoms with van der Waals surface area (Å²) in [4.78, 5) is 0. The topological polar surface area (TPSA) is 18.5 Å². The molecule has 1 saturated heterocycles. The molecular formula is C24H41F7O2. The van der Waals surface area contributed by atoms with E-state index in [9.17, 15) is 30.7 Å². The highest BCUT2D eigenvalue weighted by Gasteiger charge is 2.72. The molecule has 1 unspecified atom stereocenters. The summed E-state index contributed by atoms with van der Waals surface area (Å²) in [6.45, 7) is 2.39. The fourth-order valence-electron chi connectivity index (χ4n) is 4.03. The van der Waals surface area contributed by atoms with Crippen LogP contribution in [-0.2, 0) is 9.47 Å². The molecule has 33 heavy (non-hydrogen) atoms. The molecule has 0 aromatic carbocycles. The van der Waals surface area contributed by atoms with Gasteiger partial charge in [-0.2, -0.15) is 30.7 Å². The molecule has 198 valence electrons. The van der Waals surface area contributed by atoms with Gasteiger partial charge < -0.3 is 9.47 Å². The number of ether oxygens (including phenoxy) is 2. The molecule has 0 aromatic heterocycles. The standard InChI is InChI=1S/C24H41F7O2/c25-22(26,23(27,28)24(29,30)31)17-13-11-9-7-5-3-1-2-4-6-8-10-12-14-18-32-20-21-16-15-19-33-21/h21H,1-20H2. The van der Waals surface area contributed by atoms with Gasteiger partial charge in [-0.25, -0.2) is 0 Å². The van der Waals surface area contributed by atoms with E-state index in [-0.39, 0.29) is 12.8 Å². The summed E-state index contributed by atoms with van der Waals surface area (Å²) in [6, 6.07) is 0. The van der Waals surface area contributed by atoms with E-state index in [0.29, 0.717) is 12.5 Å². The first-order chi connectivity index (χ1) is 15.6. The summed E-state index contributed by atoms with van der Waals surface area (Å²) in [5.74, 6) is -11.0. The van der Waals surface area contributed by atoms with Crippen LogP contribution in [0.2, 0.25) is 0 Å². The summed E-state index contributed by atoms with van der Waals surface area (Å²) in [6.07, 6.45) is 7.50. The fourth-order valence-corrected chi connectivity index (χ4v) is 4.03. The molecule has 0 N–H and O–H groups in total. The van der Waals surface area contributed by atoms with Gasteiger partial charge in [0.15, 0.2) is 0 Å². The summed E-state index contributed by atoms with van der Waals surface area (Å²) in [7, 11) is 0. The van der Waals surface area contributed by atoms with E-state index in [1.807, 2.05) is 0 Å². The molecule has 0 spiro atoms. The lowest BCUT2D eigenvalue weighted by Crippen LogP contribution is -2.51. The fraction of sp³-hybridized carbons (Fsp3) is 1.00. The van der Waals surface area contributed by atoms with Crippen molar-refractivity contribution in [2.24, 2.45) is 0 Å². The lowest BCUT2D eigenvalue weighted by Gasteiger charge is -2.28. The normalized spacial score (nSPS) is 17.7. The van der Waals surface area contributed by atoms with E-state index in [1.54, 1.807) is 0 Å². The molecule has 1 rings (SSSR count). The molecule has 9 heteroatoms. The van der Waals surface area contributed by atoms with Gasteiger partial charge in [-0.1, -0.05) is 77.0 Å². The molecule has 0 amide bonds. The van der Waals surface area contributed by atoms with Crippen LogP contribution in [0, 0.1) is 0 Å². The minimum absolute atomic E-state index is 0.239.